The average molecular weight is 304 g/mol. The Bertz CT molecular complexity index is 733. The van der Waals surface area contributed by atoms with Gasteiger partial charge in [-0.05, 0) is 31.9 Å². The second kappa shape index (κ2) is 6.55. The third-order valence-corrected chi connectivity index (χ3v) is 3.28. The van der Waals surface area contributed by atoms with Crippen LogP contribution in [0.5, 0.6) is 0 Å². The summed E-state index contributed by atoms with van der Waals surface area (Å²) in [6.45, 7) is 5.74. The molecule has 0 aliphatic heterocycles. The fraction of sp³-hybridized carbons (Fsp3) is 0.467. The minimum absolute atomic E-state index is 0.144. The molecule has 1 N–H and O–H groups in total. The van der Waals surface area contributed by atoms with Gasteiger partial charge in [0.2, 0.25) is 5.89 Å². The van der Waals surface area contributed by atoms with E-state index in [-0.39, 0.29) is 23.6 Å². The van der Waals surface area contributed by atoms with Crippen molar-refractivity contribution in [3.63, 3.8) is 0 Å². The molecule has 0 saturated carbocycles. The summed E-state index contributed by atoms with van der Waals surface area (Å²) in [7, 11) is 1.61. The third-order valence-electron chi connectivity index (χ3n) is 3.28. The van der Waals surface area contributed by atoms with Crippen LogP contribution >= 0.6 is 0 Å². The number of H-pyrrole nitrogens is 1. The van der Waals surface area contributed by atoms with Gasteiger partial charge in [-0.3, -0.25) is 9.59 Å². The lowest BCUT2D eigenvalue weighted by Crippen LogP contribution is -2.32. The number of nitrogens with one attached hydrogen (secondary N) is 1. The van der Waals surface area contributed by atoms with Gasteiger partial charge in [-0.25, -0.2) is 0 Å². The van der Waals surface area contributed by atoms with Gasteiger partial charge in [-0.1, -0.05) is 12.1 Å². The molecular formula is C15H20N4O3. The zero-order chi connectivity index (χ0) is 16.3. The first kappa shape index (κ1) is 15.9. The summed E-state index contributed by atoms with van der Waals surface area (Å²) < 4.78 is 5.09. The van der Waals surface area contributed by atoms with E-state index in [1.54, 1.807) is 27.0 Å². The summed E-state index contributed by atoms with van der Waals surface area (Å²) in [6.07, 6.45) is 1.62. The molecule has 0 unspecified atom stereocenters. The number of aromatic amines is 1. The zero-order valence-electron chi connectivity index (χ0n) is 13.3. The van der Waals surface area contributed by atoms with E-state index in [0.717, 1.165) is 12.1 Å². The van der Waals surface area contributed by atoms with Crippen molar-refractivity contribution in [3.05, 3.63) is 45.0 Å². The first-order chi connectivity index (χ1) is 10.4. The van der Waals surface area contributed by atoms with Gasteiger partial charge in [0.15, 0.2) is 5.82 Å². The van der Waals surface area contributed by atoms with Crippen LogP contribution in [0.15, 0.2) is 15.4 Å². The minimum Gasteiger partial charge on any atom is -0.339 e. The smallest absolute Gasteiger partial charge is 0.261 e. The van der Waals surface area contributed by atoms with Gasteiger partial charge in [0.1, 0.15) is 5.56 Å². The lowest BCUT2D eigenvalue weighted by molar-refractivity contribution is 0.0778. The van der Waals surface area contributed by atoms with E-state index in [4.69, 9.17) is 4.52 Å². The molecule has 0 radical (unpaired) electrons. The number of hydrogen-bond acceptors (Lipinski definition) is 5. The largest absolute Gasteiger partial charge is 0.339 e. The highest BCUT2D eigenvalue weighted by Gasteiger charge is 2.20. The van der Waals surface area contributed by atoms with Crippen LogP contribution in [0.1, 0.15) is 46.7 Å². The molecule has 0 bridgehead atoms. The van der Waals surface area contributed by atoms with E-state index in [1.807, 2.05) is 6.92 Å². The highest BCUT2D eigenvalue weighted by atomic mass is 16.5. The number of carbonyl (C=O) groups excluding carboxylic acids is 1. The Labute approximate surface area is 128 Å². The fourth-order valence-electron chi connectivity index (χ4n) is 2.26. The van der Waals surface area contributed by atoms with Crippen molar-refractivity contribution >= 4 is 5.91 Å². The molecule has 0 aliphatic rings. The normalized spacial score (nSPS) is 10.7. The fourth-order valence-corrected chi connectivity index (χ4v) is 2.26. The maximum Gasteiger partial charge on any atom is 0.261 e. The Morgan fingerprint density at radius 3 is 2.77 bits per heavy atom. The van der Waals surface area contributed by atoms with Gasteiger partial charge in [0.05, 0.1) is 6.54 Å². The zero-order valence-corrected chi connectivity index (χ0v) is 13.3. The number of aromatic nitrogens is 3. The lowest BCUT2D eigenvalue weighted by Gasteiger charge is -2.16. The SMILES string of the molecule is CCCc1nc(CN(C)C(=O)c2c(C)cc(C)[nH]c2=O)no1. The second-order valence-electron chi connectivity index (χ2n) is 5.36. The van der Waals surface area contributed by atoms with Gasteiger partial charge in [-0.2, -0.15) is 4.98 Å². The number of hydrogen-bond donors (Lipinski definition) is 1. The molecule has 22 heavy (non-hydrogen) atoms. The number of pyridine rings is 1. The molecule has 2 heterocycles. The second-order valence-corrected chi connectivity index (χ2v) is 5.36. The summed E-state index contributed by atoms with van der Waals surface area (Å²) in [5, 5.41) is 3.84. The summed E-state index contributed by atoms with van der Waals surface area (Å²) in [5.74, 6) is 0.629. The summed E-state index contributed by atoms with van der Waals surface area (Å²) >= 11 is 0. The van der Waals surface area contributed by atoms with Crippen molar-refractivity contribution < 1.29 is 9.32 Å². The topological polar surface area (TPSA) is 92.1 Å². The molecule has 118 valence electrons. The lowest BCUT2D eigenvalue weighted by atomic mass is 10.1. The van der Waals surface area contributed by atoms with Crippen LogP contribution in [0.3, 0.4) is 0 Å². The van der Waals surface area contributed by atoms with Gasteiger partial charge in [0.25, 0.3) is 11.5 Å². The van der Waals surface area contributed by atoms with E-state index >= 15 is 0 Å². The summed E-state index contributed by atoms with van der Waals surface area (Å²) in [5.41, 5.74) is 1.14. The highest BCUT2D eigenvalue weighted by molar-refractivity contribution is 5.95. The van der Waals surface area contributed by atoms with Crippen molar-refractivity contribution in [1.82, 2.24) is 20.0 Å². The molecule has 0 aromatic carbocycles. The Kier molecular flexibility index (Phi) is 4.75. The molecule has 0 aliphatic carbocycles. The highest BCUT2D eigenvalue weighted by Crippen LogP contribution is 2.09. The van der Waals surface area contributed by atoms with E-state index in [0.29, 0.717) is 23.7 Å². The molecule has 2 aromatic heterocycles. The van der Waals surface area contributed by atoms with Gasteiger partial charge in [-0.15, -0.1) is 0 Å². The van der Waals surface area contributed by atoms with Gasteiger partial charge >= 0.3 is 0 Å². The average Bonchev–Trinajstić information content (AvgIpc) is 2.85. The molecular weight excluding hydrogens is 284 g/mol. The molecule has 2 aromatic rings. The summed E-state index contributed by atoms with van der Waals surface area (Å²) in [6, 6.07) is 1.77. The van der Waals surface area contributed by atoms with Crippen LogP contribution in [0, 0.1) is 13.8 Å². The van der Waals surface area contributed by atoms with Crippen molar-refractivity contribution in [3.8, 4) is 0 Å². The van der Waals surface area contributed by atoms with Crippen LogP contribution in [-0.2, 0) is 13.0 Å². The molecule has 7 heteroatoms. The first-order valence-electron chi connectivity index (χ1n) is 7.19. The number of nitrogens with zero attached hydrogens (tertiary/aromatic N) is 3. The predicted molar refractivity (Wildman–Crippen MR) is 80.6 cm³/mol. The molecule has 0 saturated heterocycles. The number of rotatable bonds is 5. The standard InChI is InChI=1S/C15H20N4O3/c1-5-6-12-17-11(18-22-12)8-19(4)15(21)13-9(2)7-10(3)16-14(13)20/h7H,5-6,8H2,1-4H3,(H,16,20). The molecule has 0 fully saturated rings. The Balaban J connectivity index is 2.17. The van der Waals surface area contributed by atoms with E-state index in [9.17, 15) is 9.59 Å². The Morgan fingerprint density at radius 2 is 2.14 bits per heavy atom. The molecule has 1 amide bonds. The van der Waals surface area contributed by atoms with E-state index < -0.39 is 0 Å². The molecule has 7 nitrogen and oxygen atoms in total. The quantitative estimate of drug-likeness (QED) is 0.905. The first-order valence-corrected chi connectivity index (χ1v) is 7.19. The number of aryl methyl sites for hydroxylation is 3. The Hall–Kier alpha value is -2.44. The van der Waals surface area contributed by atoms with Crippen LogP contribution in [-0.4, -0.2) is 33.0 Å². The van der Waals surface area contributed by atoms with Crippen LogP contribution in [0.25, 0.3) is 0 Å². The summed E-state index contributed by atoms with van der Waals surface area (Å²) in [4.78, 5) is 32.7. The van der Waals surface area contributed by atoms with Crippen LogP contribution < -0.4 is 5.56 Å². The number of amides is 1. The Morgan fingerprint density at radius 1 is 1.41 bits per heavy atom. The van der Waals surface area contributed by atoms with E-state index in [1.165, 1.54) is 4.90 Å². The van der Waals surface area contributed by atoms with E-state index in [2.05, 4.69) is 15.1 Å². The molecule has 2 rings (SSSR count). The maximum absolute atomic E-state index is 12.5. The van der Waals surface area contributed by atoms with Crippen LogP contribution in [0.2, 0.25) is 0 Å². The van der Waals surface area contributed by atoms with Crippen LogP contribution in [0.4, 0.5) is 0 Å². The van der Waals surface area contributed by atoms with Crippen molar-refractivity contribution in [2.45, 2.75) is 40.2 Å². The van der Waals surface area contributed by atoms with Crippen molar-refractivity contribution in [2.75, 3.05) is 7.05 Å². The van der Waals surface area contributed by atoms with Gasteiger partial charge < -0.3 is 14.4 Å². The monoisotopic (exact) mass is 304 g/mol. The molecule has 0 atom stereocenters. The predicted octanol–water partition coefficient (Wildman–Crippen LogP) is 1.60. The number of carbonyl (C=O) groups is 1. The van der Waals surface area contributed by atoms with Crippen molar-refractivity contribution in [1.29, 1.82) is 0 Å². The molecule has 0 spiro atoms. The maximum atomic E-state index is 12.5. The third kappa shape index (κ3) is 3.41. The van der Waals surface area contributed by atoms with Crippen molar-refractivity contribution in [2.24, 2.45) is 0 Å². The van der Waals surface area contributed by atoms with Gasteiger partial charge in [0, 0.05) is 19.2 Å². The minimum atomic E-state index is -0.380.